The van der Waals surface area contributed by atoms with E-state index in [2.05, 4.69) is 5.32 Å². The van der Waals surface area contributed by atoms with E-state index >= 15 is 0 Å². The van der Waals surface area contributed by atoms with E-state index in [1.54, 1.807) is 25.1 Å². The second-order valence-electron chi connectivity index (χ2n) is 7.03. The summed E-state index contributed by atoms with van der Waals surface area (Å²) in [7, 11) is 0. The van der Waals surface area contributed by atoms with Gasteiger partial charge in [-0.25, -0.2) is 0 Å². The van der Waals surface area contributed by atoms with Gasteiger partial charge in [-0.2, -0.15) is 0 Å². The van der Waals surface area contributed by atoms with Crippen molar-refractivity contribution in [3.8, 4) is 5.75 Å². The number of nitrogens with one attached hydrogen (secondary N) is 1. The Morgan fingerprint density at radius 2 is 2.04 bits per heavy atom. The lowest BCUT2D eigenvalue weighted by molar-refractivity contribution is -0.143. The van der Waals surface area contributed by atoms with E-state index in [4.69, 9.17) is 9.47 Å². The standard InChI is InChI=1S/C20H24N2O6/c1-2-27-19(26)12-21-17(24)13-22-10-9-20(8-7-18(22)25)11-15(23)14-5-3-4-6-16(14)28-20/h3-6H,2,7-13H2,1H3,(H,21,24). The van der Waals surface area contributed by atoms with Gasteiger partial charge in [-0.1, -0.05) is 12.1 Å². The smallest absolute Gasteiger partial charge is 0.325 e. The van der Waals surface area contributed by atoms with Crippen molar-refractivity contribution >= 4 is 23.6 Å². The summed E-state index contributed by atoms with van der Waals surface area (Å²) >= 11 is 0. The Morgan fingerprint density at radius 1 is 1.25 bits per heavy atom. The zero-order chi connectivity index (χ0) is 20.1. The summed E-state index contributed by atoms with van der Waals surface area (Å²) in [5.41, 5.74) is -0.157. The van der Waals surface area contributed by atoms with Crippen LogP contribution in [-0.2, 0) is 19.1 Å². The molecule has 1 aromatic carbocycles. The Balaban J connectivity index is 1.61. The molecule has 8 nitrogen and oxygen atoms in total. The summed E-state index contributed by atoms with van der Waals surface area (Å²) in [4.78, 5) is 49.8. The molecule has 0 saturated carbocycles. The van der Waals surface area contributed by atoms with Crippen LogP contribution in [0, 0.1) is 0 Å². The maximum absolute atomic E-state index is 12.5. The fourth-order valence-corrected chi connectivity index (χ4v) is 3.58. The van der Waals surface area contributed by atoms with Gasteiger partial charge in [0.25, 0.3) is 0 Å². The number of carbonyl (C=O) groups excluding carboxylic acids is 4. The fourth-order valence-electron chi connectivity index (χ4n) is 3.58. The van der Waals surface area contributed by atoms with Crippen molar-refractivity contribution in [3.63, 3.8) is 0 Å². The van der Waals surface area contributed by atoms with Gasteiger partial charge in [0.1, 0.15) is 17.9 Å². The number of amides is 2. The molecule has 150 valence electrons. The van der Waals surface area contributed by atoms with Crippen LogP contribution in [0.15, 0.2) is 24.3 Å². The summed E-state index contributed by atoms with van der Waals surface area (Å²) in [6.45, 7) is 1.86. The molecular formula is C20H24N2O6. The number of Topliss-reactive ketones (excluding diaryl/α,β-unsaturated/α-hetero) is 1. The summed E-state index contributed by atoms with van der Waals surface area (Å²) in [6, 6.07) is 7.12. The molecule has 1 aromatic rings. The van der Waals surface area contributed by atoms with Gasteiger partial charge in [-0.05, 0) is 25.5 Å². The Morgan fingerprint density at radius 3 is 2.82 bits per heavy atom. The second-order valence-corrected chi connectivity index (χ2v) is 7.03. The number of ketones is 1. The highest BCUT2D eigenvalue weighted by Gasteiger charge is 2.43. The molecular weight excluding hydrogens is 364 g/mol. The van der Waals surface area contributed by atoms with E-state index in [9.17, 15) is 19.2 Å². The van der Waals surface area contributed by atoms with E-state index in [1.165, 1.54) is 4.90 Å². The number of hydrogen-bond acceptors (Lipinski definition) is 6. The van der Waals surface area contributed by atoms with Crippen molar-refractivity contribution in [2.24, 2.45) is 0 Å². The predicted octanol–water partition coefficient (Wildman–Crippen LogP) is 1.08. The average molecular weight is 388 g/mol. The van der Waals surface area contributed by atoms with Gasteiger partial charge in [-0.3, -0.25) is 19.2 Å². The first-order valence-electron chi connectivity index (χ1n) is 9.44. The molecule has 8 heteroatoms. The zero-order valence-corrected chi connectivity index (χ0v) is 15.9. The fraction of sp³-hybridized carbons (Fsp3) is 0.500. The molecule has 0 radical (unpaired) electrons. The van der Waals surface area contributed by atoms with Crippen LogP contribution in [-0.4, -0.2) is 60.3 Å². The van der Waals surface area contributed by atoms with Crippen LogP contribution in [0.3, 0.4) is 0 Å². The maximum atomic E-state index is 12.5. The van der Waals surface area contributed by atoms with E-state index in [1.807, 2.05) is 6.07 Å². The molecule has 28 heavy (non-hydrogen) atoms. The molecule has 0 aromatic heterocycles. The van der Waals surface area contributed by atoms with E-state index in [0.717, 1.165) is 0 Å². The number of ether oxygens (including phenoxy) is 2. The molecule has 1 atom stereocenters. The molecule has 1 saturated heterocycles. The van der Waals surface area contributed by atoms with Crippen LogP contribution in [0.25, 0.3) is 0 Å². The highest BCUT2D eigenvalue weighted by molar-refractivity contribution is 6.00. The minimum absolute atomic E-state index is 0.00919. The minimum Gasteiger partial charge on any atom is -0.486 e. The normalized spacial score (nSPS) is 21.5. The third-order valence-electron chi connectivity index (χ3n) is 5.05. The monoisotopic (exact) mass is 388 g/mol. The number of rotatable bonds is 5. The Kier molecular flexibility index (Phi) is 5.96. The molecule has 2 amide bonds. The molecule has 0 bridgehead atoms. The SMILES string of the molecule is CCOC(=O)CNC(=O)CN1CCC2(CCC1=O)CC(=O)c1ccccc1O2. The van der Waals surface area contributed by atoms with Crippen LogP contribution in [0.2, 0.25) is 0 Å². The average Bonchev–Trinajstić information content (AvgIpc) is 2.81. The number of nitrogens with zero attached hydrogens (tertiary/aromatic N) is 1. The number of fused-ring (bicyclic) bond motifs is 1. The highest BCUT2D eigenvalue weighted by atomic mass is 16.5. The molecule has 3 rings (SSSR count). The highest BCUT2D eigenvalue weighted by Crippen LogP contribution is 2.39. The third kappa shape index (κ3) is 4.49. The first kappa shape index (κ1) is 19.9. The van der Waals surface area contributed by atoms with Crippen LogP contribution in [0.5, 0.6) is 5.75 Å². The van der Waals surface area contributed by atoms with Gasteiger partial charge < -0.3 is 19.7 Å². The van der Waals surface area contributed by atoms with Crippen molar-refractivity contribution < 1.29 is 28.7 Å². The van der Waals surface area contributed by atoms with E-state index in [-0.39, 0.29) is 44.2 Å². The number of hydrogen-bond donors (Lipinski definition) is 1. The molecule has 1 unspecified atom stereocenters. The van der Waals surface area contributed by atoms with Crippen molar-refractivity contribution in [2.75, 3.05) is 26.2 Å². The lowest BCUT2D eigenvalue weighted by Gasteiger charge is -2.37. The van der Waals surface area contributed by atoms with Crippen LogP contribution >= 0.6 is 0 Å². The Hall–Kier alpha value is -2.90. The molecule has 1 N–H and O–H groups in total. The number of likely N-dealkylation sites (tertiary alicyclic amines) is 1. The van der Waals surface area contributed by atoms with Crippen LogP contribution in [0.4, 0.5) is 0 Å². The first-order chi connectivity index (χ1) is 13.4. The van der Waals surface area contributed by atoms with Gasteiger partial charge in [0.2, 0.25) is 11.8 Å². The van der Waals surface area contributed by atoms with E-state index < -0.39 is 17.5 Å². The Bertz CT molecular complexity index is 793. The van der Waals surface area contributed by atoms with Crippen LogP contribution < -0.4 is 10.1 Å². The molecule has 1 spiro atoms. The molecule has 1 fully saturated rings. The van der Waals surface area contributed by atoms with Gasteiger partial charge in [0.15, 0.2) is 5.78 Å². The van der Waals surface area contributed by atoms with Crippen molar-refractivity contribution in [1.82, 2.24) is 10.2 Å². The summed E-state index contributed by atoms with van der Waals surface area (Å²) in [6.07, 6.45) is 1.30. The van der Waals surface area contributed by atoms with Gasteiger partial charge in [0.05, 0.1) is 25.1 Å². The van der Waals surface area contributed by atoms with Crippen molar-refractivity contribution in [2.45, 2.75) is 38.2 Å². The topological polar surface area (TPSA) is 102 Å². The van der Waals surface area contributed by atoms with Gasteiger partial charge >= 0.3 is 5.97 Å². The third-order valence-corrected chi connectivity index (χ3v) is 5.05. The molecule has 2 aliphatic heterocycles. The lowest BCUT2D eigenvalue weighted by Crippen LogP contribution is -2.44. The first-order valence-corrected chi connectivity index (χ1v) is 9.44. The van der Waals surface area contributed by atoms with Crippen molar-refractivity contribution in [1.29, 1.82) is 0 Å². The molecule has 2 heterocycles. The minimum atomic E-state index is -0.725. The van der Waals surface area contributed by atoms with Crippen LogP contribution in [0.1, 0.15) is 43.0 Å². The zero-order valence-electron chi connectivity index (χ0n) is 15.9. The number of carbonyl (C=O) groups is 4. The number of benzene rings is 1. The molecule has 0 aliphatic carbocycles. The van der Waals surface area contributed by atoms with Gasteiger partial charge in [-0.15, -0.1) is 0 Å². The van der Waals surface area contributed by atoms with E-state index in [0.29, 0.717) is 30.7 Å². The summed E-state index contributed by atoms with van der Waals surface area (Å²) in [5.74, 6) is -0.562. The summed E-state index contributed by atoms with van der Waals surface area (Å²) < 4.78 is 10.9. The molecule has 2 aliphatic rings. The Labute approximate surface area is 163 Å². The summed E-state index contributed by atoms with van der Waals surface area (Å²) in [5, 5.41) is 2.45. The predicted molar refractivity (Wildman–Crippen MR) is 98.8 cm³/mol. The quantitative estimate of drug-likeness (QED) is 0.758. The van der Waals surface area contributed by atoms with Gasteiger partial charge in [0, 0.05) is 19.4 Å². The maximum Gasteiger partial charge on any atom is 0.325 e. The number of esters is 1. The largest absolute Gasteiger partial charge is 0.486 e. The van der Waals surface area contributed by atoms with Crippen molar-refractivity contribution in [3.05, 3.63) is 29.8 Å². The lowest BCUT2D eigenvalue weighted by atomic mass is 9.84. The second kappa shape index (κ2) is 8.41. The number of para-hydroxylation sites is 1.